The number of rotatable bonds is 7. The zero-order valence-corrected chi connectivity index (χ0v) is 18.7. The lowest BCUT2D eigenvalue weighted by Gasteiger charge is -2.20. The fraction of sp³-hybridized carbons (Fsp3) is 0.250. The molecule has 1 aliphatic rings. The Morgan fingerprint density at radius 1 is 0.906 bits per heavy atom. The van der Waals surface area contributed by atoms with Crippen LogP contribution in [0.25, 0.3) is 23.3 Å². The molecule has 0 saturated carbocycles. The van der Waals surface area contributed by atoms with E-state index in [-0.39, 0.29) is 0 Å². The van der Waals surface area contributed by atoms with Gasteiger partial charge in [0, 0.05) is 12.1 Å². The molecule has 4 heteroatoms. The molecule has 0 radical (unpaired) electrons. The summed E-state index contributed by atoms with van der Waals surface area (Å²) in [7, 11) is 3.40. The first kappa shape index (κ1) is 21.7. The molecule has 1 heterocycles. The quantitative estimate of drug-likeness (QED) is 0.436. The van der Waals surface area contributed by atoms with Gasteiger partial charge in [-0.1, -0.05) is 60.7 Å². The molecule has 0 N–H and O–H groups in total. The monoisotopic (exact) mass is 424 g/mol. The van der Waals surface area contributed by atoms with Gasteiger partial charge in [-0.3, -0.25) is 4.90 Å². The van der Waals surface area contributed by atoms with Gasteiger partial charge in [0.2, 0.25) is 0 Å². The van der Waals surface area contributed by atoms with E-state index in [0.717, 1.165) is 59.0 Å². The molecule has 0 unspecified atom stereocenters. The summed E-state index contributed by atoms with van der Waals surface area (Å²) in [5.74, 6) is 1.66. The van der Waals surface area contributed by atoms with Crippen molar-refractivity contribution >= 4 is 12.2 Å². The van der Waals surface area contributed by atoms with Crippen LogP contribution < -0.4 is 9.47 Å². The molecule has 1 fully saturated rings. The van der Waals surface area contributed by atoms with E-state index in [1.54, 1.807) is 14.2 Å². The summed E-state index contributed by atoms with van der Waals surface area (Å²) in [6, 6.07) is 22.4. The van der Waals surface area contributed by atoms with E-state index < -0.39 is 0 Å². The summed E-state index contributed by atoms with van der Waals surface area (Å²) in [6.45, 7) is 3.05. The Balaban J connectivity index is 1.67. The van der Waals surface area contributed by atoms with Crippen LogP contribution in [0.15, 0.2) is 60.7 Å². The Morgan fingerprint density at radius 3 is 2.22 bits per heavy atom. The third-order valence-corrected chi connectivity index (χ3v) is 5.96. The van der Waals surface area contributed by atoms with Crippen molar-refractivity contribution in [3.63, 3.8) is 0 Å². The number of nitriles is 1. The first-order chi connectivity index (χ1) is 15.7. The Bertz CT molecular complexity index is 1110. The second-order valence-corrected chi connectivity index (χ2v) is 7.97. The molecule has 3 aromatic carbocycles. The molecular formula is C28H28N2O2. The predicted octanol–water partition coefficient (Wildman–Crippen LogP) is 6.01. The lowest BCUT2D eigenvalue weighted by Crippen LogP contribution is -2.19. The average molecular weight is 425 g/mol. The second-order valence-electron chi connectivity index (χ2n) is 7.97. The lowest BCUT2D eigenvalue weighted by atomic mass is 9.95. The van der Waals surface area contributed by atoms with Crippen molar-refractivity contribution in [3.8, 4) is 28.7 Å². The third-order valence-electron chi connectivity index (χ3n) is 5.96. The summed E-state index contributed by atoms with van der Waals surface area (Å²) in [5, 5.41) is 9.87. The summed E-state index contributed by atoms with van der Waals surface area (Å²) in [5.41, 5.74) is 5.57. The molecule has 162 valence electrons. The minimum atomic E-state index is 0.666. The van der Waals surface area contributed by atoms with E-state index in [1.807, 2.05) is 72.8 Å². The van der Waals surface area contributed by atoms with Crippen molar-refractivity contribution in [3.05, 3.63) is 82.9 Å². The highest BCUT2D eigenvalue weighted by Crippen LogP contribution is 2.34. The van der Waals surface area contributed by atoms with Crippen LogP contribution in [0.5, 0.6) is 11.5 Å². The number of likely N-dealkylation sites (tertiary alicyclic amines) is 1. The van der Waals surface area contributed by atoms with Gasteiger partial charge in [0.05, 0.1) is 25.3 Å². The average Bonchev–Trinajstić information content (AvgIpc) is 3.36. The normalized spacial score (nSPS) is 13.9. The summed E-state index contributed by atoms with van der Waals surface area (Å²) in [4.78, 5) is 2.43. The fourth-order valence-electron chi connectivity index (χ4n) is 4.30. The van der Waals surface area contributed by atoms with E-state index >= 15 is 0 Å². The smallest absolute Gasteiger partial charge is 0.127 e. The molecule has 32 heavy (non-hydrogen) atoms. The topological polar surface area (TPSA) is 45.5 Å². The zero-order valence-electron chi connectivity index (χ0n) is 18.7. The predicted molar refractivity (Wildman–Crippen MR) is 130 cm³/mol. The molecule has 0 bridgehead atoms. The highest BCUT2D eigenvalue weighted by molar-refractivity contribution is 5.80. The number of benzene rings is 3. The Labute approximate surface area is 190 Å². The van der Waals surface area contributed by atoms with Crippen LogP contribution in [0.3, 0.4) is 0 Å². The highest BCUT2D eigenvalue weighted by atomic mass is 16.5. The fourth-order valence-corrected chi connectivity index (χ4v) is 4.30. The maximum Gasteiger partial charge on any atom is 0.127 e. The molecule has 0 spiro atoms. The van der Waals surface area contributed by atoms with Crippen LogP contribution in [0.2, 0.25) is 0 Å². The molecule has 0 aliphatic carbocycles. The van der Waals surface area contributed by atoms with Crippen LogP contribution in [-0.2, 0) is 6.54 Å². The van der Waals surface area contributed by atoms with E-state index in [1.165, 1.54) is 12.8 Å². The maximum absolute atomic E-state index is 9.87. The van der Waals surface area contributed by atoms with Crippen molar-refractivity contribution in [2.24, 2.45) is 0 Å². The van der Waals surface area contributed by atoms with E-state index in [2.05, 4.69) is 11.0 Å². The number of methoxy groups -OCH3 is 2. The van der Waals surface area contributed by atoms with Crippen LogP contribution in [-0.4, -0.2) is 32.2 Å². The van der Waals surface area contributed by atoms with E-state index in [0.29, 0.717) is 5.56 Å². The van der Waals surface area contributed by atoms with Crippen LogP contribution in [0.1, 0.15) is 35.1 Å². The standard InChI is InChI=1S/C28H28N2O2/c1-31-27-17-21(18-28(32-2)26(27)20-30-15-6-7-16-30)13-14-23-11-8-12-24(25(23)19-29)22-9-4-3-5-10-22/h3-5,8-14,17-18H,6-7,15-16,20H2,1-2H3/b14-13+. The van der Waals surface area contributed by atoms with Crippen molar-refractivity contribution in [1.29, 1.82) is 5.26 Å². The van der Waals surface area contributed by atoms with E-state index in [9.17, 15) is 5.26 Å². The number of ether oxygens (including phenoxy) is 2. The molecular weight excluding hydrogens is 396 g/mol. The highest BCUT2D eigenvalue weighted by Gasteiger charge is 2.18. The molecule has 0 aromatic heterocycles. The minimum Gasteiger partial charge on any atom is -0.496 e. The largest absolute Gasteiger partial charge is 0.496 e. The lowest BCUT2D eigenvalue weighted by molar-refractivity contribution is 0.309. The van der Waals surface area contributed by atoms with Crippen molar-refractivity contribution in [2.75, 3.05) is 27.3 Å². The van der Waals surface area contributed by atoms with Crippen molar-refractivity contribution in [1.82, 2.24) is 4.90 Å². The van der Waals surface area contributed by atoms with Crippen molar-refractivity contribution < 1.29 is 9.47 Å². The molecule has 1 aliphatic heterocycles. The Hall–Kier alpha value is -3.55. The van der Waals surface area contributed by atoms with E-state index in [4.69, 9.17) is 9.47 Å². The zero-order chi connectivity index (χ0) is 22.3. The summed E-state index contributed by atoms with van der Waals surface area (Å²) >= 11 is 0. The Kier molecular flexibility index (Phi) is 6.89. The minimum absolute atomic E-state index is 0.666. The van der Waals surface area contributed by atoms with Gasteiger partial charge in [-0.25, -0.2) is 0 Å². The first-order valence-corrected chi connectivity index (χ1v) is 11.0. The van der Waals surface area contributed by atoms with Crippen molar-refractivity contribution in [2.45, 2.75) is 19.4 Å². The maximum atomic E-state index is 9.87. The SMILES string of the molecule is COc1cc(/C=C/c2cccc(-c3ccccc3)c2C#N)cc(OC)c1CN1CCCC1. The molecule has 1 saturated heterocycles. The molecule has 0 atom stereocenters. The van der Waals surface area contributed by atoms with Crippen LogP contribution >= 0.6 is 0 Å². The third kappa shape index (κ3) is 4.69. The number of nitrogens with zero attached hydrogens (tertiary/aromatic N) is 2. The number of hydrogen-bond acceptors (Lipinski definition) is 4. The van der Waals surface area contributed by atoms with Gasteiger partial charge in [0.15, 0.2) is 0 Å². The van der Waals surface area contributed by atoms with Crippen LogP contribution in [0.4, 0.5) is 0 Å². The summed E-state index contributed by atoms with van der Waals surface area (Å²) < 4.78 is 11.4. The molecule has 3 aromatic rings. The van der Waals surface area contributed by atoms with Gasteiger partial charge >= 0.3 is 0 Å². The van der Waals surface area contributed by atoms with Gasteiger partial charge in [0.1, 0.15) is 17.6 Å². The van der Waals surface area contributed by atoms with Gasteiger partial charge in [0.25, 0.3) is 0 Å². The molecule has 4 nitrogen and oxygen atoms in total. The Morgan fingerprint density at radius 2 is 1.59 bits per heavy atom. The van der Waals surface area contributed by atoms with Gasteiger partial charge < -0.3 is 9.47 Å². The molecule has 0 amide bonds. The van der Waals surface area contributed by atoms with Crippen LogP contribution in [0, 0.1) is 11.3 Å². The number of hydrogen-bond donors (Lipinski definition) is 0. The van der Waals surface area contributed by atoms with Gasteiger partial charge in [-0.15, -0.1) is 0 Å². The first-order valence-electron chi connectivity index (χ1n) is 11.0. The molecule has 4 rings (SSSR count). The second kappa shape index (κ2) is 10.2. The summed E-state index contributed by atoms with van der Waals surface area (Å²) in [6.07, 6.45) is 6.48. The van der Waals surface area contributed by atoms with Gasteiger partial charge in [-0.05, 0) is 54.8 Å². The van der Waals surface area contributed by atoms with Gasteiger partial charge in [-0.2, -0.15) is 5.26 Å².